The number of aldehydes is 1. The van der Waals surface area contributed by atoms with Crippen molar-refractivity contribution in [1.29, 1.82) is 0 Å². The van der Waals surface area contributed by atoms with Gasteiger partial charge in [0.25, 0.3) is 0 Å². The van der Waals surface area contributed by atoms with E-state index in [9.17, 15) is 18.0 Å². The average molecular weight is 214 g/mol. The first-order valence-corrected chi connectivity index (χ1v) is 4.25. The number of alkyl halides is 3. The van der Waals surface area contributed by atoms with Gasteiger partial charge in [0.05, 0.1) is 5.56 Å². The maximum Gasteiger partial charge on any atom is 0.416 e. The molecule has 1 aromatic rings. The van der Waals surface area contributed by atoms with E-state index >= 15 is 0 Å². The summed E-state index contributed by atoms with van der Waals surface area (Å²) in [5.74, 6) is 0. The Kier molecular flexibility index (Phi) is 3.29. The van der Waals surface area contributed by atoms with Gasteiger partial charge in [-0.3, -0.25) is 4.79 Å². The van der Waals surface area contributed by atoms with Crippen LogP contribution >= 0.6 is 0 Å². The van der Waals surface area contributed by atoms with E-state index in [-0.39, 0.29) is 5.56 Å². The molecule has 0 unspecified atom stereocenters. The monoisotopic (exact) mass is 214 g/mol. The van der Waals surface area contributed by atoms with Gasteiger partial charge in [0, 0.05) is 0 Å². The lowest BCUT2D eigenvalue weighted by Crippen LogP contribution is -2.07. The second kappa shape index (κ2) is 4.29. The topological polar surface area (TPSA) is 17.1 Å². The molecule has 0 saturated carbocycles. The second-order valence-corrected chi connectivity index (χ2v) is 3.07. The first-order valence-electron chi connectivity index (χ1n) is 4.25. The van der Waals surface area contributed by atoms with Crippen molar-refractivity contribution in [3.05, 3.63) is 41.0 Å². The van der Waals surface area contributed by atoms with Crippen LogP contribution in [0, 0.1) is 6.92 Å². The molecule has 0 bridgehead atoms. The Bertz CT molecular complexity index is 391. The van der Waals surface area contributed by atoms with Crippen LogP contribution in [0.1, 0.15) is 16.7 Å². The Morgan fingerprint density at radius 2 is 1.93 bits per heavy atom. The molecule has 0 spiro atoms. The summed E-state index contributed by atoms with van der Waals surface area (Å²) in [6.45, 7) is 1.40. The number of benzene rings is 1. The minimum Gasteiger partial charge on any atom is -0.299 e. The molecule has 1 aromatic carbocycles. The molecule has 15 heavy (non-hydrogen) atoms. The van der Waals surface area contributed by atoms with Crippen LogP contribution in [-0.2, 0) is 11.0 Å². The van der Waals surface area contributed by atoms with Crippen molar-refractivity contribution < 1.29 is 18.0 Å². The average Bonchev–Trinajstić information content (AvgIpc) is 2.15. The third-order valence-electron chi connectivity index (χ3n) is 1.93. The molecule has 4 heteroatoms. The first-order chi connectivity index (χ1) is 6.95. The number of hydrogen-bond donors (Lipinski definition) is 0. The molecule has 0 amide bonds. The molecular weight excluding hydrogens is 205 g/mol. The van der Waals surface area contributed by atoms with Crippen molar-refractivity contribution in [1.82, 2.24) is 0 Å². The van der Waals surface area contributed by atoms with Gasteiger partial charge in [0.2, 0.25) is 0 Å². The standard InChI is InChI=1S/C11H9F3O/c1-8-4-5-9(3-2-6-15)7-10(8)11(12,13)14/h2-7H,1H3. The number of halogens is 3. The van der Waals surface area contributed by atoms with Crippen LogP contribution in [-0.4, -0.2) is 6.29 Å². The van der Waals surface area contributed by atoms with Gasteiger partial charge in [-0.2, -0.15) is 13.2 Å². The van der Waals surface area contributed by atoms with E-state index in [1.807, 2.05) is 0 Å². The van der Waals surface area contributed by atoms with Gasteiger partial charge in [-0.15, -0.1) is 0 Å². The third kappa shape index (κ3) is 2.94. The van der Waals surface area contributed by atoms with Crippen LogP contribution < -0.4 is 0 Å². The van der Waals surface area contributed by atoms with Crippen LogP contribution in [0.4, 0.5) is 13.2 Å². The van der Waals surface area contributed by atoms with Gasteiger partial charge in [-0.25, -0.2) is 0 Å². The highest BCUT2D eigenvalue weighted by atomic mass is 19.4. The van der Waals surface area contributed by atoms with E-state index in [1.165, 1.54) is 25.1 Å². The molecular formula is C11H9F3O. The predicted molar refractivity (Wildman–Crippen MR) is 51.3 cm³/mol. The molecule has 0 N–H and O–H groups in total. The van der Waals surface area contributed by atoms with Gasteiger partial charge in [0.1, 0.15) is 6.29 Å². The summed E-state index contributed by atoms with van der Waals surface area (Å²) in [5.41, 5.74) is -0.138. The summed E-state index contributed by atoms with van der Waals surface area (Å²) in [6, 6.07) is 3.94. The van der Waals surface area contributed by atoms with Gasteiger partial charge in [-0.05, 0) is 30.2 Å². The fourth-order valence-electron chi connectivity index (χ4n) is 1.20. The Labute approximate surface area is 85.2 Å². The van der Waals surface area contributed by atoms with Crippen molar-refractivity contribution in [2.24, 2.45) is 0 Å². The Morgan fingerprint density at radius 3 is 2.47 bits per heavy atom. The van der Waals surface area contributed by atoms with E-state index in [2.05, 4.69) is 0 Å². The summed E-state index contributed by atoms with van der Waals surface area (Å²) < 4.78 is 37.4. The fourth-order valence-corrected chi connectivity index (χ4v) is 1.20. The molecule has 1 rings (SSSR count). The number of carbonyl (C=O) groups is 1. The summed E-state index contributed by atoms with van der Waals surface area (Å²) in [7, 11) is 0. The number of rotatable bonds is 2. The molecule has 0 atom stereocenters. The van der Waals surface area contributed by atoms with Crippen LogP contribution in [0.3, 0.4) is 0 Å². The van der Waals surface area contributed by atoms with E-state index in [4.69, 9.17) is 0 Å². The highest BCUT2D eigenvalue weighted by Gasteiger charge is 2.32. The number of allylic oxidation sites excluding steroid dienone is 1. The van der Waals surface area contributed by atoms with Crippen LogP contribution in [0.2, 0.25) is 0 Å². The lowest BCUT2D eigenvalue weighted by molar-refractivity contribution is -0.138. The molecule has 80 valence electrons. The Hall–Kier alpha value is -1.58. The van der Waals surface area contributed by atoms with E-state index in [1.54, 1.807) is 0 Å². The molecule has 0 aliphatic carbocycles. The first kappa shape index (κ1) is 11.5. The van der Waals surface area contributed by atoms with Gasteiger partial charge < -0.3 is 0 Å². The number of hydrogen-bond acceptors (Lipinski definition) is 1. The molecule has 0 fully saturated rings. The van der Waals surface area contributed by atoms with E-state index < -0.39 is 11.7 Å². The van der Waals surface area contributed by atoms with E-state index in [0.29, 0.717) is 11.8 Å². The summed E-state index contributed by atoms with van der Waals surface area (Å²) in [4.78, 5) is 10.0. The van der Waals surface area contributed by atoms with Crippen LogP contribution in [0.15, 0.2) is 24.3 Å². The highest BCUT2D eigenvalue weighted by Crippen LogP contribution is 2.32. The zero-order valence-electron chi connectivity index (χ0n) is 8.01. The summed E-state index contributed by atoms with van der Waals surface area (Å²) in [5, 5.41) is 0. The lowest BCUT2D eigenvalue weighted by Gasteiger charge is -2.10. The molecule has 0 aliphatic rings. The predicted octanol–water partition coefficient (Wildman–Crippen LogP) is 3.23. The van der Waals surface area contributed by atoms with Crippen molar-refractivity contribution in [2.75, 3.05) is 0 Å². The maximum atomic E-state index is 12.5. The van der Waals surface area contributed by atoms with Gasteiger partial charge in [0.15, 0.2) is 0 Å². The number of carbonyl (C=O) groups excluding carboxylic acids is 1. The molecule has 1 nitrogen and oxygen atoms in total. The lowest BCUT2D eigenvalue weighted by atomic mass is 10.0. The van der Waals surface area contributed by atoms with Crippen molar-refractivity contribution >= 4 is 12.4 Å². The Balaban J connectivity index is 3.17. The quantitative estimate of drug-likeness (QED) is 0.545. The summed E-state index contributed by atoms with van der Waals surface area (Å²) >= 11 is 0. The second-order valence-electron chi connectivity index (χ2n) is 3.07. The highest BCUT2D eigenvalue weighted by molar-refractivity contribution is 5.74. The van der Waals surface area contributed by atoms with Crippen LogP contribution in [0.25, 0.3) is 6.08 Å². The van der Waals surface area contributed by atoms with E-state index in [0.717, 1.165) is 12.1 Å². The van der Waals surface area contributed by atoms with Crippen molar-refractivity contribution in [3.63, 3.8) is 0 Å². The molecule has 0 aliphatic heterocycles. The summed E-state index contributed by atoms with van der Waals surface area (Å²) in [6.07, 6.45) is -1.34. The van der Waals surface area contributed by atoms with Gasteiger partial charge >= 0.3 is 6.18 Å². The minimum atomic E-state index is -4.35. The SMILES string of the molecule is Cc1ccc(C=CC=O)cc1C(F)(F)F. The van der Waals surface area contributed by atoms with Crippen molar-refractivity contribution in [3.8, 4) is 0 Å². The zero-order valence-corrected chi connectivity index (χ0v) is 8.01. The minimum absolute atomic E-state index is 0.172. The normalized spacial score (nSPS) is 12.0. The zero-order chi connectivity index (χ0) is 11.5. The van der Waals surface area contributed by atoms with Crippen molar-refractivity contribution in [2.45, 2.75) is 13.1 Å². The fraction of sp³-hybridized carbons (Fsp3) is 0.182. The number of aryl methyl sites for hydroxylation is 1. The Morgan fingerprint density at radius 1 is 1.27 bits per heavy atom. The van der Waals surface area contributed by atoms with Crippen LogP contribution in [0.5, 0.6) is 0 Å². The smallest absolute Gasteiger partial charge is 0.299 e. The van der Waals surface area contributed by atoms with Gasteiger partial charge in [-0.1, -0.05) is 18.2 Å². The largest absolute Gasteiger partial charge is 0.416 e. The third-order valence-corrected chi connectivity index (χ3v) is 1.93. The maximum absolute atomic E-state index is 12.5. The molecule has 0 radical (unpaired) electrons. The molecule has 0 aromatic heterocycles. The molecule has 0 heterocycles. The molecule has 0 saturated heterocycles.